The zero-order chi connectivity index (χ0) is 18.2. The Morgan fingerprint density at radius 1 is 0.840 bits per heavy atom. The van der Waals surface area contributed by atoms with Crippen molar-refractivity contribution in [1.82, 2.24) is 5.32 Å². The second-order valence-corrected chi connectivity index (χ2v) is 6.42. The van der Waals surface area contributed by atoms with Crippen LogP contribution in [-0.4, -0.2) is 19.0 Å². The Bertz CT molecular complexity index is 707. The largest absolute Gasteiger partial charge is 0.341 e. The molecule has 0 bridgehead atoms. The first-order valence-electron chi connectivity index (χ1n) is 8.42. The lowest BCUT2D eigenvalue weighted by atomic mass is 10.0. The first-order valence-corrected chi connectivity index (χ1v) is 8.42. The lowest BCUT2D eigenvalue weighted by molar-refractivity contribution is -0.115. The van der Waals surface area contributed by atoms with Crippen LogP contribution in [0.3, 0.4) is 0 Å². The second-order valence-electron chi connectivity index (χ2n) is 6.42. The topological polar surface area (TPSA) is 70.2 Å². The number of anilines is 2. The Hall–Kier alpha value is -2.82. The van der Waals surface area contributed by atoms with E-state index < -0.39 is 0 Å². The van der Waals surface area contributed by atoms with Crippen molar-refractivity contribution in [2.45, 2.75) is 26.7 Å². The Morgan fingerprint density at radius 3 is 1.88 bits per heavy atom. The van der Waals surface area contributed by atoms with Gasteiger partial charge < -0.3 is 16.0 Å². The van der Waals surface area contributed by atoms with Crippen molar-refractivity contribution in [2.75, 3.05) is 17.7 Å². The average Bonchev–Trinajstić information content (AvgIpc) is 2.58. The summed E-state index contributed by atoms with van der Waals surface area (Å²) >= 11 is 0. The number of carbonyl (C=O) groups is 2. The van der Waals surface area contributed by atoms with Crippen LogP contribution in [0, 0.1) is 5.92 Å². The minimum absolute atomic E-state index is 0.0661. The summed E-state index contributed by atoms with van der Waals surface area (Å²) in [5, 5.41) is 8.01. The van der Waals surface area contributed by atoms with E-state index in [-0.39, 0.29) is 11.9 Å². The van der Waals surface area contributed by atoms with Crippen LogP contribution in [0.1, 0.15) is 25.0 Å². The van der Waals surface area contributed by atoms with Gasteiger partial charge in [-0.3, -0.25) is 4.79 Å². The van der Waals surface area contributed by atoms with E-state index >= 15 is 0 Å². The Morgan fingerprint density at radius 2 is 1.36 bits per heavy atom. The molecule has 5 heteroatoms. The molecule has 0 radical (unpaired) electrons. The fraction of sp³-hybridized carbons (Fsp3) is 0.300. The second kappa shape index (κ2) is 8.87. The molecule has 0 saturated carbocycles. The molecule has 3 amide bonds. The van der Waals surface area contributed by atoms with Crippen molar-refractivity contribution in [2.24, 2.45) is 5.92 Å². The number of urea groups is 1. The smallest absolute Gasteiger partial charge is 0.318 e. The molecule has 0 saturated heterocycles. The van der Waals surface area contributed by atoms with Crippen molar-refractivity contribution in [3.63, 3.8) is 0 Å². The van der Waals surface area contributed by atoms with E-state index in [1.54, 1.807) is 31.3 Å². The molecule has 2 aromatic rings. The van der Waals surface area contributed by atoms with Crippen LogP contribution in [0.2, 0.25) is 0 Å². The fourth-order valence-electron chi connectivity index (χ4n) is 2.49. The molecule has 132 valence electrons. The highest BCUT2D eigenvalue weighted by atomic mass is 16.2. The molecule has 5 nitrogen and oxygen atoms in total. The van der Waals surface area contributed by atoms with Crippen LogP contribution in [-0.2, 0) is 17.6 Å². The maximum absolute atomic E-state index is 12.2. The molecule has 2 aromatic carbocycles. The van der Waals surface area contributed by atoms with Crippen molar-refractivity contribution in [3.05, 3.63) is 59.7 Å². The summed E-state index contributed by atoms with van der Waals surface area (Å²) in [7, 11) is 1.55. The Labute approximate surface area is 148 Å². The van der Waals surface area contributed by atoms with E-state index in [1.165, 1.54) is 5.56 Å². The summed E-state index contributed by atoms with van der Waals surface area (Å²) in [4.78, 5) is 23.4. The zero-order valence-electron chi connectivity index (χ0n) is 14.9. The lowest BCUT2D eigenvalue weighted by Crippen LogP contribution is -2.24. The van der Waals surface area contributed by atoms with Gasteiger partial charge in [0.1, 0.15) is 0 Å². The van der Waals surface area contributed by atoms with Crippen LogP contribution >= 0.6 is 0 Å². The van der Waals surface area contributed by atoms with E-state index in [0.717, 1.165) is 12.0 Å². The molecule has 0 atom stereocenters. The van der Waals surface area contributed by atoms with Gasteiger partial charge in [-0.25, -0.2) is 4.79 Å². The Kier molecular flexibility index (Phi) is 6.57. The predicted molar refractivity (Wildman–Crippen MR) is 102 cm³/mol. The van der Waals surface area contributed by atoms with E-state index in [2.05, 4.69) is 41.9 Å². The van der Waals surface area contributed by atoms with Crippen LogP contribution in [0.25, 0.3) is 0 Å². The standard InChI is InChI=1S/C20H25N3O2/c1-14(2)12-15-4-6-16(7-5-15)13-19(24)22-17-8-10-18(11-9-17)23-20(25)21-3/h4-11,14H,12-13H2,1-3H3,(H,22,24)(H2,21,23,25). The molecular weight excluding hydrogens is 314 g/mol. The van der Waals surface area contributed by atoms with Gasteiger partial charge in [-0.05, 0) is 47.7 Å². The third-order valence-corrected chi connectivity index (χ3v) is 3.69. The molecule has 0 fully saturated rings. The van der Waals surface area contributed by atoms with E-state index in [0.29, 0.717) is 23.7 Å². The molecule has 0 aliphatic rings. The summed E-state index contributed by atoms with van der Waals surface area (Å²) in [6.07, 6.45) is 1.38. The zero-order valence-corrected chi connectivity index (χ0v) is 14.9. The van der Waals surface area contributed by atoms with Crippen molar-refractivity contribution in [1.29, 1.82) is 0 Å². The minimum Gasteiger partial charge on any atom is -0.341 e. The third kappa shape index (κ3) is 6.30. The van der Waals surface area contributed by atoms with Crippen LogP contribution in [0.4, 0.5) is 16.2 Å². The molecule has 0 spiro atoms. The molecule has 0 aromatic heterocycles. The van der Waals surface area contributed by atoms with Crippen LogP contribution < -0.4 is 16.0 Å². The summed E-state index contributed by atoms with van der Waals surface area (Å²) < 4.78 is 0. The number of hydrogen-bond acceptors (Lipinski definition) is 2. The maximum atomic E-state index is 12.2. The van der Waals surface area contributed by atoms with Gasteiger partial charge in [0.25, 0.3) is 0 Å². The van der Waals surface area contributed by atoms with Gasteiger partial charge in [0.15, 0.2) is 0 Å². The molecule has 3 N–H and O–H groups in total. The van der Waals surface area contributed by atoms with Crippen molar-refractivity contribution >= 4 is 23.3 Å². The SMILES string of the molecule is CNC(=O)Nc1ccc(NC(=O)Cc2ccc(CC(C)C)cc2)cc1. The van der Waals surface area contributed by atoms with Gasteiger partial charge in [0.05, 0.1) is 6.42 Å². The van der Waals surface area contributed by atoms with Crippen LogP contribution in [0.15, 0.2) is 48.5 Å². The minimum atomic E-state index is -0.280. The predicted octanol–water partition coefficient (Wildman–Crippen LogP) is 3.82. The normalized spacial score (nSPS) is 10.4. The molecule has 0 aliphatic heterocycles. The molecular formula is C20H25N3O2. The molecule has 0 heterocycles. The number of benzene rings is 2. The van der Waals surface area contributed by atoms with E-state index in [4.69, 9.17) is 0 Å². The van der Waals surface area contributed by atoms with Crippen LogP contribution in [0.5, 0.6) is 0 Å². The van der Waals surface area contributed by atoms with Gasteiger partial charge >= 0.3 is 6.03 Å². The van der Waals surface area contributed by atoms with Gasteiger partial charge in [0.2, 0.25) is 5.91 Å². The van der Waals surface area contributed by atoms with Crippen molar-refractivity contribution in [3.8, 4) is 0 Å². The number of carbonyl (C=O) groups excluding carboxylic acids is 2. The van der Waals surface area contributed by atoms with Gasteiger partial charge in [-0.15, -0.1) is 0 Å². The summed E-state index contributed by atoms with van der Waals surface area (Å²) in [5.41, 5.74) is 3.64. The van der Waals surface area contributed by atoms with Gasteiger partial charge in [-0.1, -0.05) is 38.1 Å². The fourth-order valence-corrected chi connectivity index (χ4v) is 2.49. The number of hydrogen-bond donors (Lipinski definition) is 3. The quantitative estimate of drug-likeness (QED) is 0.749. The highest BCUT2D eigenvalue weighted by molar-refractivity contribution is 5.93. The monoisotopic (exact) mass is 339 g/mol. The highest BCUT2D eigenvalue weighted by Gasteiger charge is 2.06. The first-order chi connectivity index (χ1) is 12.0. The summed E-state index contributed by atoms with van der Waals surface area (Å²) in [5.74, 6) is 0.554. The van der Waals surface area contributed by atoms with E-state index in [1.807, 2.05) is 12.1 Å². The highest BCUT2D eigenvalue weighted by Crippen LogP contribution is 2.15. The number of nitrogens with one attached hydrogen (secondary N) is 3. The third-order valence-electron chi connectivity index (χ3n) is 3.69. The molecule has 25 heavy (non-hydrogen) atoms. The molecule has 0 unspecified atom stereocenters. The maximum Gasteiger partial charge on any atom is 0.318 e. The first kappa shape index (κ1) is 18.5. The van der Waals surface area contributed by atoms with E-state index in [9.17, 15) is 9.59 Å². The lowest BCUT2D eigenvalue weighted by Gasteiger charge is -2.09. The van der Waals surface area contributed by atoms with Crippen molar-refractivity contribution < 1.29 is 9.59 Å². The Balaban J connectivity index is 1.88. The van der Waals surface area contributed by atoms with Gasteiger partial charge in [0, 0.05) is 18.4 Å². The number of amides is 3. The average molecular weight is 339 g/mol. The van der Waals surface area contributed by atoms with Gasteiger partial charge in [-0.2, -0.15) is 0 Å². The molecule has 0 aliphatic carbocycles. The molecule has 2 rings (SSSR count). The number of rotatable bonds is 6. The summed E-state index contributed by atoms with van der Waals surface area (Å²) in [6.45, 7) is 4.38. The summed E-state index contributed by atoms with van der Waals surface area (Å²) in [6, 6.07) is 14.9.